The summed E-state index contributed by atoms with van der Waals surface area (Å²) in [5, 5.41) is 19.2. The van der Waals surface area contributed by atoms with E-state index in [0.29, 0.717) is 0 Å². The number of hydrogen-bond donors (Lipinski definition) is 3. The molecule has 4 N–H and O–H groups in total. The van der Waals surface area contributed by atoms with Gasteiger partial charge in [-0.05, 0) is 6.07 Å². The molecular weight excluding hydrogens is 278 g/mol. The van der Waals surface area contributed by atoms with E-state index < -0.39 is 36.1 Å². The molecule has 116 valence electrons. The van der Waals surface area contributed by atoms with E-state index in [1.165, 1.54) is 12.3 Å². The summed E-state index contributed by atoms with van der Waals surface area (Å²) >= 11 is 0. The minimum atomic E-state index is -1.67. The van der Waals surface area contributed by atoms with Crippen LogP contribution in [0.4, 0.5) is 5.82 Å². The van der Waals surface area contributed by atoms with Crippen molar-refractivity contribution in [3.05, 3.63) is 22.7 Å². The van der Waals surface area contributed by atoms with Crippen molar-refractivity contribution in [1.29, 1.82) is 0 Å². The third kappa shape index (κ3) is 2.57. The van der Waals surface area contributed by atoms with Crippen LogP contribution in [-0.2, 0) is 15.3 Å². The zero-order valence-electron chi connectivity index (χ0n) is 11.9. The van der Waals surface area contributed by atoms with Crippen LogP contribution in [0.5, 0.6) is 0 Å². The van der Waals surface area contributed by atoms with E-state index >= 15 is 0 Å². The number of aliphatic hydroxyl groups is 2. The Morgan fingerprint density at radius 3 is 2.81 bits per heavy atom. The number of nitrogens with two attached hydrogens (primary N) is 1. The van der Waals surface area contributed by atoms with Gasteiger partial charge in [0.2, 0.25) is 5.72 Å². The Balaban J connectivity index is 2.57. The van der Waals surface area contributed by atoms with Crippen molar-refractivity contribution in [2.45, 2.75) is 38.2 Å². The highest BCUT2D eigenvalue weighted by molar-refractivity contribution is 5.87. The Morgan fingerprint density at radius 1 is 1.67 bits per heavy atom. The number of aromatic nitrogens is 2. The lowest BCUT2D eigenvalue weighted by Crippen LogP contribution is -2.50. The Morgan fingerprint density at radius 2 is 2.33 bits per heavy atom. The Kier molecular flexibility index (Phi) is 4.13. The molecule has 21 heavy (non-hydrogen) atoms. The molecule has 1 fully saturated rings. The van der Waals surface area contributed by atoms with Gasteiger partial charge in [-0.15, -0.1) is 0 Å². The van der Waals surface area contributed by atoms with Gasteiger partial charge in [-0.3, -0.25) is 9.36 Å². The normalized spacial score (nSPS) is 29.0. The van der Waals surface area contributed by atoms with E-state index in [0.717, 1.165) is 4.57 Å². The van der Waals surface area contributed by atoms with E-state index in [4.69, 9.17) is 10.5 Å². The highest BCUT2D eigenvalue weighted by Gasteiger charge is 2.53. The van der Waals surface area contributed by atoms with E-state index in [1.807, 2.05) is 0 Å². The molecule has 1 saturated heterocycles. The molecule has 8 nitrogen and oxygen atoms in total. The third-order valence-electron chi connectivity index (χ3n) is 3.56. The van der Waals surface area contributed by atoms with Gasteiger partial charge in [0.05, 0.1) is 12.7 Å². The topological polar surface area (TPSA) is 128 Å². The Hall–Kier alpha value is -1.77. The Labute approximate surface area is 121 Å². The molecule has 0 spiro atoms. The third-order valence-corrected chi connectivity index (χ3v) is 3.56. The molecule has 0 radical (unpaired) electrons. The molecule has 1 aromatic rings. The van der Waals surface area contributed by atoms with E-state index in [1.54, 1.807) is 13.8 Å². The van der Waals surface area contributed by atoms with Crippen molar-refractivity contribution in [1.82, 2.24) is 9.55 Å². The van der Waals surface area contributed by atoms with E-state index in [2.05, 4.69) is 4.98 Å². The molecule has 0 amide bonds. The molecule has 0 bridgehead atoms. The first-order valence-corrected chi connectivity index (χ1v) is 6.68. The van der Waals surface area contributed by atoms with Crippen LogP contribution in [0.3, 0.4) is 0 Å². The number of ketones is 1. The van der Waals surface area contributed by atoms with Gasteiger partial charge in [-0.2, -0.15) is 4.98 Å². The fourth-order valence-corrected chi connectivity index (χ4v) is 2.53. The van der Waals surface area contributed by atoms with Crippen LogP contribution in [-0.4, -0.2) is 44.4 Å². The number of ether oxygens (including phenoxy) is 1. The summed E-state index contributed by atoms with van der Waals surface area (Å²) in [4.78, 5) is 28.2. The monoisotopic (exact) mass is 297 g/mol. The first-order chi connectivity index (χ1) is 9.81. The second kappa shape index (κ2) is 5.55. The van der Waals surface area contributed by atoms with Crippen molar-refractivity contribution in [2.24, 2.45) is 5.92 Å². The number of carbonyl (C=O) groups excluding carboxylic acids is 1. The molecule has 0 unspecified atom stereocenters. The lowest BCUT2D eigenvalue weighted by molar-refractivity contribution is -0.165. The number of carbonyl (C=O) groups is 1. The highest BCUT2D eigenvalue weighted by atomic mass is 16.6. The van der Waals surface area contributed by atoms with Crippen LogP contribution >= 0.6 is 0 Å². The van der Waals surface area contributed by atoms with Gasteiger partial charge in [0.15, 0.2) is 5.78 Å². The number of Topliss-reactive ketones (excluding diaryl/α,β-unsaturated/α-hetero) is 1. The maximum absolute atomic E-state index is 12.6. The summed E-state index contributed by atoms with van der Waals surface area (Å²) in [6.07, 6.45) is -0.794. The first kappa shape index (κ1) is 15.6. The minimum Gasteiger partial charge on any atom is -0.394 e. The van der Waals surface area contributed by atoms with Crippen LogP contribution in [0.15, 0.2) is 17.1 Å². The van der Waals surface area contributed by atoms with Crippen LogP contribution < -0.4 is 11.4 Å². The van der Waals surface area contributed by atoms with Gasteiger partial charge >= 0.3 is 5.69 Å². The zero-order valence-corrected chi connectivity index (χ0v) is 11.9. The molecule has 0 aliphatic carbocycles. The van der Waals surface area contributed by atoms with Gasteiger partial charge in [0.25, 0.3) is 0 Å². The zero-order chi connectivity index (χ0) is 15.8. The molecule has 1 aromatic heterocycles. The van der Waals surface area contributed by atoms with Gasteiger partial charge in [0.1, 0.15) is 11.9 Å². The summed E-state index contributed by atoms with van der Waals surface area (Å²) in [5.74, 6) is -0.772. The second-order valence-corrected chi connectivity index (χ2v) is 5.42. The maximum Gasteiger partial charge on any atom is 0.352 e. The summed E-state index contributed by atoms with van der Waals surface area (Å²) in [6, 6.07) is 1.37. The average Bonchev–Trinajstić information content (AvgIpc) is 2.75. The van der Waals surface area contributed by atoms with Gasteiger partial charge < -0.3 is 20.7 Å². The smallest absolute Gasteiger partial charge is 0.352 e. The molecular formula is C13H19N3O5. The van der Waals surface area contributed by atoms with Crippen molar-refractivity contribution >= 4 is 11.6 Å². The van der Waals surface area contributed by atoms with Crippen molar-refractivity contribution in [2.75, 3.05) is 12.3 Å². The number of anilines is 1. The summed E-state index contributed by atoms with van der Waals surface area (Å²) in [6.45, 7) is 2.88. The summed E-state index contributed by atoms with van der Waals surface area (Å²) in [5.41, 5.74) is 3.04. The number of nitrogens with zero attached hydrogens (tertiary/aromatic N) is 2. The van der Waals surface area contributed by atoms with Crippen LogP contribution in [0.1, 0.15) is 20.3 Å². The van der Waals surface area contributed by atoms with Crippen LogP contribution in [0, 0.1) is 5.92 Å². The van der Waals surface area contributed by atoms with Gasteiger partial charge in [0, 0.05) is 18.5 Å². The molecule has 0 saturated carbocycles. The molecule has 0 aromatic carbocycles. The molecule has 2 rings (SSSR count). The molecule has 3 atom stereocenters. The lowest BCUT2D eigenvalue weighted by Gasteiger charge is -2.30. The predicted octanol–water partition coefficient (Wildman–Crippen LogP) is -1.15. The molecule has 2 heterocycles. The number of hydrogen-bond acceptors (Lipinski definition) is 7. The summed E-state index contributed by atoms with van der Waals surface area (Å²) < 4.78 is 6.61. The second-order valence-electron chi connectivity index (χ2n) is 5.42. The molecule has 8 heteroatoms. The fraction of sp³-hybridized carbons (Fsp3) is 0.615. The highest BCUT2D eigenvalue weighted by Crippen LogP contribution is 2.37. The minimum absolute atomic E-state index is 0.0284. The number of rotatable bonds is 4. The molecule has 1 aliphatic rings. The summed E-state index contributed by atoms with van der Waals surface area (Å²) in [7, 11) is 0. The van der Waals surface area contributed by atoms with Crippen molar-refractivity contribution in [3.63, 3.8) is 0 Å². The Bertz CT molecular complexity index is 600. The van der Waals surface area contributed by atoms with Crippen LogP contribution in [0.25, 0.3) is 0 Å². The quantitative estimate of drug-likeness (QED) is 0.640. The van der Waals surface area contributed by atoms with Gasteiger partial charge in [-0.1, -0.05) is 13.8 Å². The lowest BCUT2D eigenvalue weighted by atomic mass is 9.94. The maximum atomic E-state index is 12.6. The van der Waals surface area contributed by atoms with Crippen molar-refractivity contribution < 1.29 is 19.7 Å². The largest absolute Gasteiger partial charge is 0.394 e. The average molecular weight is 297 g/mol. The van der Waals surface area contributed by atoms with Gasteiger partial charge in [-0.25, -0.2) is 4.79 Å². The van der Waals surface area contributed by atoms with Crippen LogP contribution in [0.2, 0.25) is 0 Å². The van der Waals surface area contributed by atoms with E-state index in [9.17, 15) is 19.8 Å². The molecule has 1 aliphatic heterocycles. The standard InChI is InChI=1S/C13H19N3O5/c1-7(2)11(19)13(5-8(18)9(6-17)21-13)16-4-3-10(14)15-12(16)20/h3-4,7-9,17-18H,5-6H2,1-2H3,(H2,14,15,20)/t8-,9+,13-/m0/s1. The number of nitrogen functional groups attached to an aromatic ring is 1. The first-order valence-electron chi connectivity index (χ1n) is 6.68. The van der Waals surface area contributed by atoms with Crippen molar-refractivity contribution in [3.8, 4) is 0 Å². The predicted molar refractivity (Wildman–Crippen MR) is 73.3 cm³/mol. The fourth-order valence-electron chi connectivity index (χ4n) is 2.53. The van der Waals surface area contributed by atoms with E-state index in [-0.39, 0.29) is 18.0 Å². The SMILES string of the molecule is CC(C)C(=O)[C@]1(n2ccc(N)nc2=O)C[C@H](O)[C@@H](CO)O1. The number of aliphatic hydroxyl groups excluding tert-OH is 2.